The molecule has 0 bridgehead atoms. The van der Waals surface area contributed by atoms with E-state index >= 15 is 0 Å². The summed E-state index contributed by atoms with van der Waals surface area (Å²) in [6.45, 7) is 3.29. The quantitative estimate of drug-likeness (QED) is 0.630. The van der Waals surface area contributed by atoms with Crippen molar-refractivity contribution < 1.29 is 0 Å². The molecule has 13 heavy (non-hydrogen) atoms. The Bertz CT molecular complexity index is 76.9. The highest BCUT2D eigenvalue weighted by Gasteiger charge is 1.89. The SMILES string of the molecule is CN(C)CCN(C)C.CNCCS. The van der Waals surface area contributed by atoms with Crippen LogP contribution in [0.4, 0.5) is 0 Å². The summed E-state index contributed by atoms with van der Waals surface area (Å²) >= 11 is 3.94. The molecule has 0 aromatic heterocycles. The van der Waals surface area contributed by atoms with Crippen LogP contribution in [0.1, 0.15) is 0 Å². The minimum atomic E-state index is 0.927. The summed E-state index contributed by atoms with van der Waals surface area (Å²) in [7, 11) is 10.3. The highest BCUT2D eigenvalue weighted by Crippen LogP contribution is 1.76. The van der Waals surface area contributed by atoms with Gasteiger partial charge >= 0.3 is 0 Å². The van der Waals surface area contributed by atoms with E-state index in [2.05, 4.69) is 55.9 Å². The van der Waals surface area contributed by atoms with E-state index in [1.165, 1.54) is 0 Å². The van der Waals surface area contributed by atoms with Gasteiger partial charge in [-0.1, -0.05) is 0 Å². The summed E-state index contributed by atoms with van der Waals surface area (Å²) in [5.74, 6) is 0.927. The van der Waals surface area contributed by atoms with Gasteiger partial charge in [0.15, 0.2) is 0 Å². The van der Waals surface area contributed by atoms with Crippen molar-refractivity contribution in [2.24, 2.45) is 0 Å². The molecule has 0 aromatic rings. The fraction of sp³-hybridized carbons (Fsp3) is 1.00. The van der Waals surface area contributed by atoms with Gasteiger partial charge in [-0.3, -0.25) is 0 Å². The van der Waals surface area contributed by atoms with E-state index in [0.29, 0.717) is 0 Å². The van der Waals surface area contributed by atoms with Crippen molar-refractivity contribution >= 4 is 12.6 Å². The number of hydrogen-bond acceptors (Lipinski definition) is 4. The van der Waals surface area contributed by atoms with Crippen LogP contribution < -0.4 is 5.32 Å². The second-order valence-corrected chi connectivity index (χ2v) is 3.88. The van der Waals surface area contributed by atoms with E-state index < -0.39 is 0 Å². The molecule has 0 aliphatic heterocycles. The maximum Gasteiger partial charge on any atom is 0.0103 e. The van der Waals surface area contributed by atoms with Crippen LogP contribution in [-0.2, 0) is 0 Å². The topological polar surface area (TPSA) is 18.5 Å². The molecular formula is C9H25N3S. The van der Waals surface area contributed by atoms with Crippen molar-refractivity contribution in [2.75, 3.05) is 60.6 Å². The van der Waals surface area contributed by atoms with Crippen LogP contribution in [0.5, 0.6) is 0 Å². The Labute approximate surface area is 88.9 Å². The third kappa shape index (κ3) is 24.5. The molecule has 3 nitrogen and oxygen atoms in total. The number of hydrogen-bond donors (Lipinski definition) is 2. The van der Waals surface area contributed by atoms with Crippen molar-refractivity contribution in [2.45, 2.75) is 0 Å². The van der Waals surface area contributed by atoms with Gasteiger partial charge in [0.2, 0.25) is 0 Å². The first-order valence-corrected chi connectivity index (χ1v) is 5.22. The molecule has 0 rings (SSSR count). The normalized spacial score (nSPS) is 10.2. The van der Waals surface area contributed by atoms with Gasteiger partial charge < -0.3 is 15.1 Å². The zero-order valence-electron chi connectivity index (χ0n) is 9.67. The lowest BCUT2D eigenvalue weighted by Gasteiger charge is -2.13. The standard InChI is InChI=1S/C6H16N2.C3H9NS/c1-7(2)5-6-8(3)4;1-4-2-3-5/h5-6H2,1-4H3;4-5H,2-3H2,1H3. The lowest BCUT2D eigenvalue weighted by Crippen LogP contribution is -2.25. The molecule has 0 aliphatic rings. The first-order valence-electron chi connectivity index (χ1n) is 4.59. The van der Waals surface area contributed by atoms with Gasteiger partial charge in [0.25, 0.3) is 0 Å². The molecule has 0 saturated heterocycles. The Morgan fingerprint density at radius 1 is 1.00 bits per heavy atom. The Hall–Kier alpha value is 0.230. The molecule has 0 aliphatic carbocycles. The molecule has 1 N–H and O–H groups in total. The first-order chi connectivity index (χ1) is 6.04. The molecule has 0 saturated carbocycles. The second-order valence-electron chi connectivity index (χ2n) is 3.43. The fourth-order valence-electron chi connectivity index (χ4n) is 0.512. The minimum Gasteiger partial charge on any atom is -0.319 e. The number of nitrogens with one attached hydrogen (secondary N) is 1. The van der Waals surface area contributed by atoms with Gasteiger partial charge in [-0.2, -0.15) is 12.6 Å². The predicted molar refractivity (Wildman–Crippen MR) is 64.9 cm³/mol. The van der Waals surface area contributed by atoms with Crippen LogP contribution in [0.25, 0.3) is 0 Å². The van der Waals surface area contributed by atoms with E-state index in [1.807, 2.05) is 7.05 Å². The van der Waals surface area contributed by atoms with E-state index in [4.69, 9.17) is 0 Å². The van der Waals surface area contributed by atoms with Gasteiger partial charge in [0.05, 0.1) is 0 Å². The molecule has 0 aromatic carbocycles. The third-order valence-electron chi connectivity index (χ3n) is 1.36. The summed E-state index contributed by atoms with van der Waals surface area (Å²) in [4.78, 5) is 4.36. The number of nitrogens with zero attached hydrogens (tertiary/aromatic N) is 2. The van der Waals surface area contributed by atoms with Gasteiger partial charge in [0, 0.05) is 25.4 Å². The summed E-state index contributed by atoms with van der Waals surface area (Å²) in [5.41, 5.74) is 0. The van der Waals surface area contributed by atoms with Gasteiger partial charge in [0.1, 0.15) is 0 Å². The zero-order chi connectivity index (χ0) is 10.7. The fourth-order valence-corrected chi connectivity index (χ4v) is 0.735. The summed E-state index contributed by atoms with van der Waals surface area (Å²) < 4.78 is 0. The smallest absolute Gasteiger partial charge is 0.0103 e. The molecule has 0 fully saturated rings. The van der Waals surface area contributed by atoms with Crippen molar-refractivity contribution in [1.82, 2.24) is 15.1 Å². The lowest BCUT2D eigenvalue weighted by molar-refractivity contribution is 0.320. The first kappa shape index (κ1) is 15.7. The van der Waals surface area contributed by atoms with Crippen LogP contribution in [-0.4, -0.2) is 70.4 Å². The third-order valence-corrected chi connectivity index (χ3v) is 1.58. The Morgan fingerprint density at radius 3 is 1.46 bits per heavy atom. The van der Waals surface area contributed by atoms with Gasteiger partial charge in [-0.05, 0) is 35.2 Å². The average molecular weight is 207 g/mol. The van der Waals surface area contributed by atoms with Gasteiger partial charge in [-0.25, -0.2) is 0 Å². The van der Waals surface area contributed by atoms with Crippen molar-refractivity contribution in [1.29, 1.82) is 0 Å². The van der Waals surface area contributed by atoms with E-state index in [9.17, 15) is 0 Å². The molecule has 0 atom stereocenters. The monoisotopic (exact) mass is 207 g/mol. The lowest BCUT2D eigenvalue weighted by atomic mass is 10.5. The predicted octanol–water partition coefficient (Wildman–Crippen LogP) is 0.245. The van der Waals surface area contributed by atoms with Crippen LogP contribution in [0.15, 0.2) is 0 Å². The maximum absolute atomic E-state index is 3.94. The highest BCUT2D eigenvalue weighted by atomic mass is 32.1. The van der Waals surface area contributed by atoms with Crippen molar-refractivity contribution in [3.8, 4) is 0 Å². The van der Waals surface area contributed by atoms with Crippen LogP contribution in [0, 0.1) is 0 Å². The van der Waals surface area contributed by atoms with E-state index in [1.54, 1.807) is 0 Å². The summed E-state index contributed by atoms with van der Waals surface area (Å²) in [6.07, 6.45) is 0. The molecule has 0 amide bonds. The van der Waals surface area contributed by atoms with Crippen LogP contribution >= 0.6 is 12.6 Å². The zero-order valence-corrected chi connectivity index (χ0v) is 10.6. The molecule has 82 valence electrons. The van der Waals surface area contributed by atoms with Crippen LogP contribution in [0.3, 0.4) is 0 Å². The van der Waals surface area contributed by atoms with E-state index in [0.717, 1.165) is 25.4 Å². The minimum absolute atomic E-state index is 0.927. The van der Waals surface area contributed by atoms with Crippen molar-refractivity contribution in [3.05, 3.63) is 0 Å². The van der Waals surface area contributed by atoms with E-state index in [-0.39, 0.29) is 0 Å². The molecule has 0 radical (unpaired) electrons. The van der Waals surface area contributed by atoms with Crippen molar-refractivity contribution in [3.63, 3.8) is 0 Å². The molecule has 0 heterocycles. The average Bonchev–Trinajstić information content (AvgIpc) is 2.03. The summed E-state index contributed by atoms with van der Waals surface area (Å²) in [5, 5.41) is 2.94. The Kier molecular flexibility index (Phi) is 14.8. The number of thiol groups is 1. The summed E-state index contributed by atoms with van der Waals surface area (Å²) in [6, 6.07) is 0. The number of rotatable bonds is 5. The highest BCUT2D eigenvalue weighted by molar-refractivity contribution is 7.80. The molecule has 0 unspecified atom stereocenters. The molecule has 0 spiro atoms. The second kappa shape index (κ2) is 12.2. The maximum atomic E-state index is 3.94. The Morgan fingerprint density at radius 2 is 1.38 bits per heavy atom. The molecular weight excluding hydrogens is 182 g/mol. The number of likely N-dealkylation sites (N-methyl/N-ethyl adjacent to an activating group) is 2. The Balaban J connectivity index is 0. The molecule has 4 heteroatoms. The van der Waals surface area contributed by atoms with Crippen LogP contribution in [0.2, 0.25) is 0 Å². The van der Waals surface area contributed by atoms with Gasteiger partial charge in [-0.15, -0.1) is 0 Å². The largest absolute Gasteiger partial charge is 0.319 e.